The molecular formula is C15H18N2O3S. The zero-order valence-electron chi connectivity index (χ0n) is 11.8. The van der Waals surface area contributed by atoms with E-state index in [1.807, 2.05) is 13.0 Å². The second-order valence-electron chi connectivity index (χ2n) is 4.64. The number of unbranched alkanes of at least 4 members (excludes halogenated alkanes) is 1. The van der Waals surface area contributed by atoms with Gasteiger partial charge in [-0.3, -0.25) is 9.10 Å². The van der Waals surface area contributed by atoms with Gasteiger partial charge in [-0.15, -0.1) is 0 Å². The molecule has 1 N–H and O–H groups in total. The summed E-state index contributed by atoms with van der Waals surface area (Å²) in [6.45, 7) is 2.34. The predicted octanol–water partition coefficient (Wildman–Crippen LogP) is 2.37. The highest BCUT2D eigenvalue weighted by atomic mass is 32.2. The van der Waals surface area contributed by atoms with E-state index in [-0.39, 0.29) is 4.90 Å². The number of H-pyrrole nitrogens is 1. The third-order valence-corrected chi connectivity index (χ3v) is 4.96. The number of anilines is 1. The highest BCUT2D eigenvalue weighted by Gasteiger charge is 2.26. The van der Waals surface area contributed by atoms with Crippen LogP contribution in [-0.2, 0) is 10.0 Å². The maximum Gasteiger partial charge on any atom is 0.269 e. The Labute approximate surface area is 124 Å². The molecule has 0 atom stereocenters. The minimum absolute atomic E-state index is 0.232. The zero-order chi connectivity index (χ0) is 15.3. The summed E-state index contributed by atoms with van der Waals surface area (Å²) in [5.41, 5.74) is 0.0559. The Kier molecular flexibility index (Phi) is 4.80. The number of pyridine rings is 1. The Morgan fingerprint density at radius 3 is 2.48 bits per heavy atom. The van der Waals surface area contributed by atoms with Crippen molar-refractivity contribution in [3.63, 3.8) is 0 Å². The van der Waals surface area contributed by atoms with E-state index in [2.05, 4.69) is 4.98 Å². The fourth-order valence-corrected chi connectivity index (χ4v) is 3.55. The minimum Gasteiger partial charge on any atom is -0.366 e. The van der Waals surface area contributed by atoms with Gasteiger partial charge in [-0.2, -0.15) is 0 Å². The fraction of sp³-hybridized carbons (Fsp3) is 0.267. The van der Waals surface area contributed by atoms with Crippen molar-refractivity contribution in [2.45, 2.75) is 24.7 Å². The van der Waals surface area contributed by atoms with Gasteiger partial charge in [0.1, 0.15) is 0 Å². The molecule has 0 aliphatic rings. The van der Waals surface area contributed by atoms with Crippen LogP contribution >= 0.6 is 0 Å². The number of nitrogens with one attached hydrogen (secondary N) is 1. The van der Waals surface area contributed by atoms with Crippen molar-refractivity contribution < 1.29 is 8.42 Å². The lowest BCUT2D eigenvalue weighted by atomic mass is 10.3. The predicted molar refractivity (Wildman–Crippen MR) is 82.9 cm³/mol. The largest absolute Gasteiger partial charge is 0.366 e. The van der Waals surface area contributed by atoms with E-state index in [0.717, 1.165) is 12.8 Å². The smallest absolute Gasteiger partial charge is 0.269 e. The molecule has 0 saturated carbocycles. The van der Waals surface area contributed by atoms with Crippen LogP contribution in [0.2, 0.25) is 0 Å². The van der Waals surface area contributed by atoms with Crippen molar-refractivity contribution in [2.24, 2.45) is 0 Å². The molecule has 0 radical (unpaired) electrons. The van der Waals surface area contributed by atoms with Gasteiger partial charge in [0.25, 0.3) is 10.0 Å². The van der Waals surface area contributed by atoms with Crippen LogP contribution in [-0.4, -0.2) is 19.9 Å². The first kappa shape index (κ1) is 15.3. The van der Waals surface area contributed by atoms with Crippen LogP contribution in [0.3, 0.4) is 0 Å². The number of para-hydroxylation sites is 1. The first-order valence-electron chi connectivity index (χ1n) is 6.82. The zero-order valence-corrected chi connectivity index (χ0v) is 12.6. The molecule has 0 bridgehead atoms. The number of sulfonamides is 1. The Morgan fingerprint density at radius 1 is 1.14 bits per heavy atom. The quantitative estimate of drug-likeness (QED) is 0.890. The average Bonchev–Trinajstić information content (AvgIpc) is 2.49. The molecule has 0 spiro atoms. The molecule has 2 rings (SSSR count). The molecule has 0 unspecified atom stereocenters. The van der Waals surface area contributed by atoms with Gasteiger partial charge in [0.05, 0.1) is 5.69 Å². The van der Waals surface area contributed by atoms with Crippen LogP contribution in [0.1, 0.15) is 19.8 Å². The van der Waals surface area contributed by atoms with E-state index in [9.17, 15) is 13.2 Å². The van der Waals surface area contributed by atoms with Crippen LogP contribution in [0.4, 0.5) is 5.69 Å². The number of hydrogen-bond donors (Lipinski definition) is 1. The summed E-state index contributed by atoms with van der Waals surface area (Å²) < 4.78 is 26.8. The summed E-state index contributed by atoms with van der Waals surface area (Å²) in [5, 5.41) is 0. The number of benzene rings is 1. The van der Waals surface area contributed by atoms with Crippen molar-refractivity contribution in [3.05, 3.63) is 59.0 Å². The molecule has 0 aliphatic heterocycles. The molecule has 0 amide bonds. The third-order valence-electron chi connectivity index (χ3n) is 3.12. The number of aromatic nitrogens is 1. The summed E-state index contributed by atoms with van der Waals surface area (Å²) in [6.07, 6.45) is 4.24. The minimum atomic E-state index is -3.87. The third kappa shape index (κ3) is 3.33. The Hall–Kier alpha value is -2.08. The molecule has 0 fully saturated rings. The number of nitrogens with zero attached hydrogens (tertiary/aromatic N) is 1. The van der Waals surface area contributed by atoms with Crippen LogP contribution in [0.25, 0.3) is 0 Å². The molecule has 6 heteroatoms. The van der Waals surface area contributed by atoms with Crippen molar-refractivity contribution in [3.8, 4) is 0 Å². The summed E-state index contributed by atoms with van der Waals surface area (Å²) in [4.78, 5) is 14.3. The van der Waals surface area contributed by atoms with Crippen LogP contribution in [0, 0.1) is 0 Å². The maximum atomic E-state index is 12.8. The number of hydrogen-bond acceptors (Lipinski definition) is 3. The van der Waals surface area contributed by atoms with Gasteiger partial charge in [-0.25, -0.2) is 8.42 Å². The maximum absolute atomic E-state index is 12.8. The van der Waals surface area contributed by atoms with Crippen molar-refractivity contribution >= 4 is 15.7 Å². The molecule has 1 aromatic heterocycles. The van der Waals surface area contributed by atoms with Gasteiger partial charge in [0.2, 0.25) is 5.43 Å². The van der Waals surface area contributed by atoms with E-state index in [1.54, 1.807) is 24.3 Å². The van der Waals surface area contributed by atoms with Crippen LogP contribution in [0.15, 0.2) is 58.5 Å². The molecule has 1 aromatic carbocycles. The van der Waals surface area contributed by atoms with E-state index >= 15 is 0 Å². The Bertz CT molecular complexity index is 739. The molecule has 1 heterocycles. The molecule has 0 saturated heterocycles. The molecule has 2 aromatic rings. The monoisotopic (exact) mass is 306 g/mol. The highest BCUT2D eigenvalue weighted by Crippen LogP contribution is 2.22. The lowest BCUT2D eigenvalue weighted by molar-refractivity contribution is 0.587. The van der Waals surface area contributed by atoms with E-state index in [4.69, 9.17) is 0 Å². The Morgan fingerprint density at radius 2 is 1.86 bits per heavy atom. The van der Waals surface area contributed by atoms with Crippen LogP contribution in [0.5, 0.6) is 0 Å². The van der Waals surface area contributed by atoms with Gasteiger partial charge in [0, 0.05) is 25.0 Å². The van der Waals surface area contributed by atoms with Crippen molar-refractivity contribution in [1.29, 1.82) is 0 Å². The van der Waals surface area contributed by atoms with E-state index in [0.29, 0.717) is 12.2 Å². The first-order chi connectivity index (χ1) is 10.1. The lowest BCUT2D eigenvalue weighted by Crippen LogP contribution is -2.34. The summed E-state index contributed by atoms with van der Waals surface area (Å²) >= 11 is 0. The van der Waals surface area contributed by atoms with Gasteiger partial charge in [0.15, 0.2) is 4.90 Å². The second-order valence-corrected chi connectivity index (χ2v) is 6.47. The van der Waals surface area contributed by atoms with Gasteiger partial charge in [-0.05, 0) is 18.6 Å². The Balaban J connectivity index is 2.50. The second kappa shape index (κ2) is 6.58. The van der Waals surface area contributed by atoms with Gasteiger partial charge in [-0.1, -0.05) is 31.5 Å². The summed E-state index contributed by atoms with van der Waals surface area (Å²) in [6, 6.07) is 10.0. The molecule has 112 valence electrons. The van der Waals surface area contributed by atoms with E-state index < -0.39 is 15.5 Å². The number of aromatic amines is 1. The van der Waals surface area contributed by atoms with Crippen molar-refractivity contribution in [1.82, 2.24) is 4.98 Å². The summed E-state index contributed by atoms with van der Waals surface area (Å²) in [5.74, 6) is 0. The van der Waals surface area contributed by atoms with Crippen molar-refractivity contribution in [2.75, 3.05) is 10.8 Å². The number of rotatable bonds is 6. The molecule has 0 aliphatic carbocycles. The highest BCUT2D eigenvalue weighted by molar-refractivity contribution is 7.92. The van der Waals surface area contributed by atoms with E-state index in [1.165, 1.54) is 22.8 Å². The van der Waals surface area contributed by atoms with Gasteiger partial charge >= 0.3 is 0 Å². The fourth-order valence-electron chi connectivity index (χ4n) is 2.01. The summed E-state index contributed by atoms with van der Waals surface area (Å²) in [7, 11) is -3.87. The molecule has 5 nitrogen and oxygen atoms in total. The SMILES string of the molecule is CCCCN(c1ccccc1)S(=O)(=O)c1c[nH]ccc1=O. The van der Waals surface area contributed by atoms with Gasteiger partial charge < -0.3 is 4.98 Å². The first-order valence-corrected chi connectivity index (χ1v) is 8.26. The molecule has 21 heavy (non-hydrogen) atoms. The molecular weight excluding hydrogens is 288 g/mol. The topological polar surface area (TPSA) is 70.2 Å². The van der Waals surface area contributed by atoms with Crippen LogP contribution < -0.4 is 9.73 Å². The standard InChI is InChI=1S/C15H18N2O3S/c1-2-3-11-17(13-7-5-4-6-8-13)21(19,20)15-12-16-10-9-14(15)18/h4-10,12H,2-3,11H2,1H3,(H,16,18). The normalized spacial score (nSPS) is 11.3. The lowest BCUT2D eigenvalue weighted by Gasteiger charge is -2.23. The average molecular weight is 306 g/mol.